The van der Waals surface area contributed by atoms with Crippen molar-refractivity contribution in [2.75, 3.05) is 6.26 Å². The lowest BCUT2D eigenvalue weighted by atomic mass is 9.98. The van der Waals surface area contributed by atoms with E-state index in [0.29, 0.717) is 6.26 Å². The molecule has 0 radical (unpaired) electrons. The minimum Gasteiger partial charge on any atom is -0.369 e. The van der Waals surface area contributed by atoms with Crippen LogP contribution in [0.25, 0.3) is 11.1 Å². The van der Waals surface area contributed by atoms with E-state index in [2.05, 4.69) is 0 Å². The van der Waals surface area contributed by atoms with Crippen LogP contribution in [0, 0.1) is 11.7 Å². The number of benzene rings is 2. The molecule has 0 fully saturated rings. The number of aryl methyl sites for hydroxylation is 1. The van der Waals surface area contributed by atoms with Crippen LogP contribution < -0.4 is 5.73 Å². The largest absolute Gasteiger partial charge is 0.369 e. The summed E-state index contributed by atoms with van der Waals surface area (Å²) >= 11 is 0. The molecule has 0 bridgehead atoms. The molecule has 0 spiro atoms. The molecule has 0 aliphatic carbocycles. The second-order valence-corrected chi connectivity index (χ2v) is 7.24. The highest BCUT2D eigenvalue weighted by atomic mass is 32.2. The summed E-state index contributed by atoms with van der Waals surface area (Å²) < 4.78 is 38.7. The molecule has 0 aliphatic heterocycles. The average molecular weight is 367 g/mol. The van der Waals surface area contributed by atoms with Crippen molar-refractivity contribution < 1.29 is 22.2 Å². The quantitative estimate of drug-likeness (QED) is 0.794. The molecule has 0 unspecified atom stereocenters. The SMILES string of the molecule is CS(=O)(=O)O.C[C@H](CCc1ccc(-c2ccc(F)cc2)cc1)C(N)=O. The second-order valence-electron chi connectivity index (χ2n) is 5.78. The van der Waals surface area contributed by atoms with Crippen molar-refractivity contribution >= 4 is 16.0 Å². The van der Waals surface area contributed by atoms with Gasteiger partial charge in [0.05, 0.1) is 6.26 Å². The second kappa shape index (κ2) is 9.29. The van der Waals surface area contributed by atoms with E-state index in [0.717, 1.165) is 24.0 Å². The minimum absolute atomic E-state index is 0.105. The van der Waals surface area contributed by atoms with Crippen molar-refractivity contribution in [3.63, 3.8) is 0 Å². The average Bonchev–Trinajstić information content (AvgIpc) is 2.52. The van der Waals surface area contributed by atoms with E-state index < -0.39 is 10.1 Å². The summed E-state index contributed by atoms with van der Waals surface area (Å²) in [6.45, 7) is 1.84. The van der Waals surface area contributed by atoms with Gasteiger partial charge in [0.2, 0.25) is 5.91 Å². The molecule has 25 heavy (non-hydrogen) atoms. The molecule has 2 aromatic carbocycles. The van der Waals surface area contributed by atoms with Crippen LogP contribution in [0.15, 0.2) is 48.5 Å². The first-order chi connectivity index (χ1) is 11.6. The van der Waals surface area contributed by atoms with Crippen molar-refractivity contribution in [2.24, 2.45) is 11.7 Å². The summed E-state index contributed by atoms with van der Waals surface area (Å²) in [5.74, 6) is -0.592. The molecule has 2 rings (SSSR count). The van der Waals surface area contributed by atoms with Gasteiger partial charge in [0.25, 0.3) is 10.1 Å². The summed E-state index contributed by atoms with van der Waals surface area (Å²) in [6.07, 6.45) is 2.30. The highest BCUT2D eigenvalue weighted by Crippen LogP contribution is 2.21. The van der Waals surface area contributed by atoms with E-state index in [-0.39, 0.29) is 17.6 Å². The van der Waals surface area contributed by atoms with Gasteiger partial charge < -0.3 is 5.73 Å². The fourth-order valence-corrected chi connectivity index (χ4v) is 2.03. The van der Waals surface area contributed by atoms with Crippen LogP contribution >= 0.6 is 0 Å². The number of amides is 1. The van der Waals surface area contributed by atoms with Gasteiger partial charge in [0.15, 0.2) is 0 Å². The standard InChI is InChI=1S/C17H18FNO.CH4O3S/c1-12(17(19)20)2-3-13-4-6-14(7-5-13)15-8-10-16(18)11-9-15;1-5(2,3)4/h4-12H,2-3H2,1H3,(H2,19,20);1H3,(H,2,3,4)/t12-;/m1./s1. The highest BCUT2D eigenvalue weighted by molar-refractivity contribution is 7.85. The maximum absolute atomic E-state index is 12.9. The third-order valence-electron chi connectivity index (χ3n) is 3.48. The zero-order valence-electron chi connectivity index (χ0n) is 14.1. The van der Waals surface area contributed by atoms with Crippen molar-refractivity contribution in [2.45, 2.75) is 19.8 Å². The van der Waals surface area contributed by atoms with Gasteiger partial charge in [-0.05, 0) is 41.7 Å². The van der Waals surface area contributed by atoms with Gasteiger partial charge in [-0.1, -0.05) is 43.3 Å². The smallest absolute Gasteiger partial charge is 0.261 e. The fraction of sp³-hybridized carbons (Fsp3) is 0.278. The number of rotatable bonds is 5. The fourth-order valence-electron chi connectivity index (χ4n) is 2.03. The number of hydrogen-bond donors (Lipinski definition) is 2. The van der Waals surface area contributed by atoms with Crippen LogP contribution in [0.2, 0.25) is 0 Å². The summed E-state index contributed by atoms with van der Waals surface area (Å²) in [5.41, 5.74) is 8.46. The number of halogens is 1. The third-order valence-corrected chi connectivity index (χ3v) is 3.48. The molecule has 0 aromatic heterocycles. The predicted octanol–water partition coefficient (Wildman–Crippen LogP) is 3.05. The van der Waals surface area contributed by atoms with E-state index >= 15 is 0 Å². The van der Waals surface area contributed by atoms with Crippen molar-refractivity contribution in [1.29, 1.82) is 0 Å². The monoisotopic (exact) mass is 367 g/mol. The summed E-state index contributed by atoms with van der Waals surface area (Å²) in [5, 5.41) is 0. The lowest BCUT2D eigenvalue weighted by molar-refractivity contribution is -0.121. The molecular formula is C18H22FNO4S. The van der Waals surface area contributed by atoms with Crippen LogP contribution in [0.5, 0.6) is 0 Å². The van der Waals surface area contributed by atoms with E-state index in [4.69, 9.17) is 10.3 Å². The van der Waals surface area contributed by atoms with E-state index in [1.165, 1.54) is 17.7 Å². The van der Waals surface area contributed by atoms with Crippen LogP contribution in [0.1, 0.15) is 18.9 Å². The summed E-state index contributed by atoms with van der Waals surface area (Å²) in [6, 6.07) is 14.5. The van der Waals surface area contributed by atoms with Crippen molar-refractivity contribution in [3.8, 4) is 11.1 Å². The molecule has 1 amide bonds. The Morgan fingerprint density at radius 1 is 1.08 bits per heavy atom. The Bertz CT molecular complexity index is 779. The van der Waals surface area contributed by atoms with E-state index in [9.17, 15) is 17.6 Å². The van der Waals surface area contributed by atoms with Crippen LogP contribution in [0.3, 0.4) is 0 Å². The Hall–Kier alpha value is -2.25. The van der Waals surface area contributed by atoms with Crippen molar-refractivity contribution in [1.82, 2.24) is 0 Å². The van der Waals surface area contributed by atoms with E-state index in [1.807, 2.05) is 31.2 Å². The number of primary amides is 1. The Kier molecular flexibility index (Phi) is 7.73. The minimum atomic E-state index is -3.67. The van der Waals surface area contributed by atoms with Crippen LogP contribution in [-0.4, -0.2) is 25.1 Å². The first-order valence-electron chi connectivity index (χ1n) is 7.63. The lowest BCUT2D eigenvalue weighted by Crippen LogP contribution is -2.20. The summed E-state index contributed by atoms with van der Waals surface area (Å²) in [7, 11) is -3.67. The number of hydrogen-bond acceptors (Lipinski definition) is 3. The van der Waals surface area contributed by atoms with Gasteiger partial charge in [-0.15, -0.1) is 0 Å². The predicted molar refractivity (Wildman–Crippen MR) is 96.0 cm³/mol. The van der Waals surface area contributed by atoms with Gasteiger partial charge in [0, 0.05) is 5.92 Å². The molecule has 7 heteroatoms. The van der Waals surface area contributed by atoms with Gasteiger partial charge in [-0.3, -0.25) is 9.35 Å². The normalized spacial score (nSPS) is 12.0. The lowest BCUT2D eigenvalue weighted by Gasteiger charge is -2.08. The molecule has 2 aromatic rings. The van der Waals surface area contributed by atoms with Gasteiger partial charge in [0.1, 0.15) is 5.82 Å². The molecular weight excluding hydrogens is 345 g/mol. The van der Waals surface area contributed by atoms with Gasteiger partial charge in [-0.25, -0.2) is 4.39 Å². The number of carbonyl (C=O) groups is 1. The van der Waals surface area contributed by atoms with Crippen molar-refractivity contribution in [3.05, 3.63) is 59.9 Å². The summed E-state index contributed by atoms with van der Waals surface area (Å²) in [4.78, 5) is 11.0. The first-order valence-corrected chi connectivity index (χ1v) is 9.47. The van der Waals surface area contributed by atoms with Gasteiger partial charge in [-0.2, -0.15) is 8.42 Å². The molecule has 0 saturated carbocycles. The Labute approximate surface area is 147 Å². The van der Waals surface area contributed by atoms with E-state index in [1.54, 1.807) is 12.1 Å². The van der Waals surface area contributed by atoms with Crippen LogP contribution in [-0.2, 0) is 21.3 Å². The van der Waals surface area contributed by atoms with Crippen LogP contribution in [0.4, 0.5) is 4.39 Å². The highest BCUT2D eigenvalue weighted by Gasteiger charge is 2.08. The third kappa shape index (κ3) is 8.97. The zero-order chi connectivity index (χ0) is 19.0. The maximum atomic E-state index is 12.9. The first kappa shape index (κ1) is 20.8. The van der Waals surface area contributed by atoms with Gasteiger partial charge >= 0.3 is 0 Å². The topological polar surface area (TPSA) is 97.5 Å². The molecule has 0 heterocycles. The Morgan fingerprint density at radius 3 is 1.88 bits per heavy atom. The molecule has 5 nitrogen and oxygen atoms in total. The molecule has 0 saturated heterocycles. The number of carbonyl (C=O) groups excluding carboxylic acids is 1. The molecule has 3 N–H and O–H groups in total. The maximum Gasteiger partial charge on any atom is 0.261 e. The molecule has 1 atom stereocenters. The molecule has 136 valence electrons. The Morgan fingerprint density at radius 2 is 1.48 bits per heavy atom. The molecule has 0 aliphatic rings. The number of nitrogens with two attached hydrogens (primary N) is 1. The zero-order valence-corrected chi connectivity index (χ0v) is 15.0. The Balaban J connectivity index is 0.000000550.